The van der Waals surface area contributed by atoms with Crippen LogP contribution in [0.25, 0.3) is 0 Å². The van der Waals surface area contributed by atoms with E-state index in [1.165, 1.54) is 51.7 Å². The van der Waals surface area contributed by atoms with Crippen LogP contribution in [0.5, 0.6) is 0 Å². The minimum Gasteiger partial charge on any atom is -0.313 e. The van der Waals surface area contributed by atoms with E-state index in [0.717, 1.165) is 6.04 Å². The van der Waals surface area contributed by atoms with Crippen molar-refractivity contribution in [1.29, 1.82) is 0 Å². The second kappa shape index (κ2) is 7.24. The van der Waals surface area contributed by atoms with Crippen molar-refractivity contribution in [2.75, 3.05) is 19.6 Å². The van der Waals surface area contributed by atoms with Gasteiger partial charge in [0, 0.05) is 18.6 Å². The van der Waals surface area contributed by atoms with E-state index in [-0.39, 0.29) is 0 Å². The van der Waals surface area contributed by atoms with E-state index in [4.69, 9.17) is 0 Å². The molecule has 0 aromatic rings. The van der Waals surface area contributed by atoms with Crippen LogP contribution in [0.3, 0.4) is 0 Å². The standard InChI is InChI=1S/C13H28N2/c1-4-5-6-9-15-10-7-8-13(15)11-14-12(2)3/h12-14H,4-11H2,1-3H3. The van der Waals surface area contributed by atoms with E-state index < -0.39 is 0 Å². The normalized spacial score (nSPS) is 22.8. The summed E-state index contributed by atoms with van der Waals surface area (Å²) in [7, 11) is 0. The number of rotatable bonds is 7. The van der Waals surface area contributed by atoms with Gasteiger partial charge in [0.1, 0.15) is 0 Å². The molecule has 0 amide bonds. The van der Waals surface area contributed by atoms with E-state index in [9.17, 15) is 0 Å². The quantitative estimate of drug-likeness (QED) is 0.653. The average molecular weight is 212 g/mol. The third kappa shape index (κ3) is 4.98. The predicted octanol–water partition coefficient (Wildman–Crippen LogP) is 2.64. The fourth-order valence-corrected chi connectivity index (χ4v) is 2.36. The van der Waals surface area contributed by atoms with Gasteiger partial charge >= 0.3 is 0 Å². The van der Waals surface area contributed by atoms with Crippen molar-refractivity contribution in [3.05, 3.63) is 0 Å². The van der Waals surface area contributed by atoms with Crippen LogP contribution in [0.4, 0.5) is 0 Å². The minimum atomic E-state index is 0.628. The Morgan fingerprint density at radius 3 is 2.80 bits per heavy atom. The summed E-state index contributed by atoms with van der Waals surface area (Å²) < 4.78 is 0. The molecule has 0 saturated carbocycles. The first kappa shape index (κ1) is 13.0. The Morgan fingerprint density at radius 1 is 1.33 bits per heavy atom. The molecule has 1 unspecified atom stereocenters. The second-order valence-corrected chi connectivity index (χ2v) is 5.10. The van der Waals surface area contributed by atoms with Crippen molar-refractivity contribution in [1.82, 2.24) is 10.2 Å². The molecule has 0 spiro atoms. The Balaban J connectivity index is 2.17. The highest BCUT2D eigenvalue weighted by Gasteiger charge is 2.23. The summed E-state index contributed by atoms with van der Waals surface area (Å²) in [4.78, 5) is 2.69. The maximum absolute atomic E-state index is 3.57. The summed E-state index contributed by atoms with van der Waals surface area (Å²) in [5.74, 6) is 0. The molecule has 15 heavy (non-hydrogen) atoms. The molecule has 1 aliphatic rings. The lowest BCUT2D eigenvalue weighted by Gasteiger charge is -2.25. The summed E-state index contributed by atoms with van der Waals surface area (Å²) in [6.45, 7) is 10.6. The first-order chi connectivity index (χ1) is 7.24. The topological polar surface area (TPSA) is 15.3 Å². The van der Waals surface area contributed by atoms with Crippen LogP contribution < -0.4 is 5.32 Å². The lowest BCUT2D eigenvalue weighted by atomic mass is 10.2. The monoisotopic (exact) mass is 212 g/mol. The first-order valence-electron chi connectivity index (χ1n) is 6.71. The van der Waals surface area contributed by atoms with Crippen molar-refractivity contribution in [2.24, 2.45) is 0 Å². The van der Waals surface area contributed by atoms with E-state index in [2.05, 4.69) is 31.0 Å². The van der Waals surface area contributed by atoms with Gasteiger partial charge in [0.15, 0.2) is 0 Å². The van der Waals surface area contributed by atoms with Crippen molar-refractivity contribution in [2.45, 2.75) is 65.0 Å². The summed E-state index contributed by atoms with van der Waals surface area (Å²) in [5.41, 5.74) is 0. The maximum Gasteiger partial charge on any atom is 0.0221 e. The number of unbranched alkanes of at least 4 members (excludes halogenated alkanes) is 2. The number of likely N-dealkylation sites (tertiary alicyclic amines) is 1. The smallest absolute Gasteiger partial charge is 0.0221 e. The van der Waals surface area contributed by atoms with E-state index in [1.54, 1.807) is 0 Å². The Labute approximate surface area is 95.4 Å². The number of nitrogens with one attached hydrogen (secondary N) is 1. The Hall–Kier alpha value is -0.0800. The molecule has 0 aromatic carbocycles. The Bertz CT molecular complexity index is 157. The van der Waals surface area contributed by atoms with Crippen LogP contribution in [0.1, 0.15) is 52.9 Å². The molecule has 0 aromatic heterocycles. The molecule has 1 heterocycles. The van der Waals surface area contributed by atoms with Crippen LogP contribution in [-0.2, 0) is 0 Å². The summed E-state index contributed by atoms with van der Waals surface area (Å²) in [5, 5.41) is 3.57. The SMILES string of the molecule is CCCCCN1CCCC1CNC(C)C. The molecule has 0 radical (unpaired) electrons. The molecular weight excluding hydrogens is 184 g/mol. The van der Waals surface area contributed by atoms with Crippen molar-refractivity contribution < 1.29 is 0 Å². The molecule has 0 bridgehead atoms. The zero-order chi connectivity index (χ0) is 11.1. The molecule has 1 aliphatic heterocycles. The molecule has 1 atom stereocenters. The fourth-order valence-electron chi connectivity index (χ4n) is 2.36. The van der Waals surface area contributed by atoms with Gasteiger partial charge in [-0.2, -0.15) is 0 Å². The molecular formula is C13H28N2. The predicted molar refractivity (Wildman–Crippen MR) is 67.3 cm³/mol. The second-order valence-electron chi connectivity index (χ2n) is 5.10. The van der Waals surface area contributed by atoms with Crippen LogP contribution in [-0.4, -0.2) is 36.6 Å². The number of hydrogen-bond acceptors (Lipinski definition) is 2. The summed E-state index contributed by atoms with van der Waals surface area (Å²) in [6, 6.07) is 1.44. The van der Waals surface area contributed by atoms with Gasteiger partial charge in [-0.3, -0.25) is 4.90 Å². The Morgan fingerprint density at radius 2 is 2.13 bits per heavy atom. The third-order valence-corrected chi connectivity index (χ3v) is 3.31. The average Bonchev–Trinajstić information content (AvgIpc) is 2.63. The van der Waals surface area contributed by atoms with Gasteiger partial charge in [0.25, 0.3) is 0 Å². The largest absolute Gasteiger partial charge is 0.313 e. The van der Waals surface area contributed by atoms with Gasteiger partial charge in [0.05, 0.1) is 0 Å². The maximum atomic E-state index is 3.57. The highest BCUT2D eigenvalue weighted by molar-refractivity contribution is 4.81. The van der Waals surface area contributed by atoms with Crippen molar-refractivity contribution in [3.8, 4) is 0 Å². The molecule has 1 N–H and O–H groups in total. The zero-order valence-corrected chi connectivity index (χ0v) is 10.8. The first-order valence-corrected chi connectivity index (χ1v) is 6.71. The number of nitrogens with zero attached hydrogens (tertiary/aromatic N) is 1. The van der Waals surface area contributed by atoms with Gasteiger partial charge in [-0.05, 0) is 32.4 Å². The fraction of sp³-hybridized carbons (Fsp3) is 1.00. The summed E-state index contributed by atoms with van der Waals surface area (Å²) >= 11 is 0. The lowest BCUT2D eigenvalue weighted by Crippen LogP contribution is -2.40. The Kier molecular flexibility index (Phi) is 6.26. The van der Waals surface area contributed by atoms with Gasteiger partial charge in [0.2, 0.25) is 0 Å². The summed E-state index contributed by atoms with van der Waals surface area (Å²) in [6.07, 6.45) is 6.90. The lowest BCUT2D eigenvalue weighted by molar-refractivity contribution is 0.239. The minimum absolute atomic E-state index is 0.628. The highest BCUT2D eigenvalue weighted by atomic mass is 15.2. The zero-order valence-electron chi connectivity index (χ0n) is 10.8. The van der Waals surface area contributed by atoms with Crippen LogP contribution >= 0.6 is 0 Å². The van der Waals surface area contributed by atoms with E-state index in [1.807, 2.05) is 0 Å². The van der Waals surface area contributed by atoms with Gasteiger partial charge in [-0.15, -0.1) is 0 Å². The van der Waals surface area contributed by atoms with Crippen molar-refractivity contribution >= 4 is 0 Å². The van der Waals surface area contributed by atoms with Crippen molar-refractivity contribution in [3.63, 3.8) is 0 Å². The van der Waals surface area contributed by atoms with E-state index in [0.29, 0.717) is 6.04 Å². The van der Waals surface area contributed by atoms with Gasteiger partial charge in [-0.1, -0.05) is 33.6 Å². The third-order valence-electron chi connectivity index (χ3n) is 3.31. The van der Waals surface area contributed by atoms with Crippen LogP contribution in [0, 0.1) is 0 Å². The molecule has 0 aliphatic carbocycles. The number of hydrogen-bond donors (Lipinski definition) is 1. The van der Waals surface area contributed by atoms with Crippen LogP contribution in [0.15, 0.2) is 0 Å². The van der Waals surface area contributed by atoms with Gasteiger partial charge < -0.3 is 5.32 Å². The molecule has 2 heteroatoms. The highest BCUT2D eigenvalue weighted by Crippen LogP contribution is 2.17. The molecule has 1 fully saturated rings. The molecule has 1 saturated heterocycles. The molecule has 2 nitrogen and oxygen atoms in total. The molecule has 90 valence electrons. The molecule has 1 rings (SSSR count). The van der Waals surface area contributed by atoms with E-state index >= 15 is 0 Å². The van der Waals surface area contributed by atoms with Gasteiger partial charge in [-0.25, -0.2) is 0 Å². The van der Waals surface area contributed by atoms with Crippen LogP contribution in [0.2, 0.25) is 0 Å².